The first-order valence-electron chi connectivity index (χ1n) is 6.64. The maximum atomic E-state index is 12.2. The Morgan fingerprint density at radius 2 is 2.24 bits per heavy atom. The zero-order valence-corrected chi connectivity index (χ0v) is 12.3. The van der Waals surface area contributed by atoms with Gasteiger partial charge in [0.25, 0.3) is 5.91 Å². The Morgan fingerprint density at radius 1 is 1.48 bits per heavy atom. The minimum absolute atomic E-state index is 0.0842. The third-order valence-corrected chi connectivity index (χ3v) is 3.42. The summed E-state index contributed by atoms with van der Waals surface area (Å²) in [6, 6.07) is 8.90. The fourth-order valence-electron chi connectivity index (χ4n) is 1.87. The summed E-state index contributed by atoms with van der Waals surface area (Å²) in [5, 5.41) is 16.0. The van der Waals surface area contributed by atoms with Gasteiger partial charge in [-0.3, -0.25) is 9.89 Å². The highest BCUT2D eigenvalue weighted by Gasteiger charge is 2.19. The molecule has 0 saturated carbocycles. The van der Waals surface area contributed by atoms with Crippen molar-refractivity contribution in [1.82, 2.24) is 15.1 Å². The number of nitrogens with zero attached hydrogens (tertiary/aromatic N) is 2. The number of aliphatic hydroxyl groups excluding tert-OH is 1. The smallest absolute Gasteiger partial charge is 0.271 e. The van der Waals surface area contributed by atoms with Crippen LogP contribution in [-0.2, 0) is 0 Å². The van der Waals surface area contributed by atoms with Gasteiger partial charge in [-0.1, -0.05) is 12.1 Å². The highest BCUT2D eigenvalue weighted by atomic mass is 16.5. The van der Waals surface area contributed by atoms with E-state index in [4.69, 9.17) is 9.84 Å². The summed E-state index contributed by atoms with van der Waals surface area (Å²) in [4.78, 5) is 13.7. The van der Waals surface area contributed by atoms with E-state index in [2.05, 4.69) is 10.2 Å². The fraction of sp³-hybridized carbons (Fsp3) is 0.333. The van der Waals surface area contributed by atoms with Gasteiger partial charge in [-0.15, -0.1) is 0 Å². The lowest BCUT2D eigenvalue weighted by molar-refractivity contribution is 0.0676. The highest BCUT2D eigenvalue weighted by molar-refractivity contribution is 5.93. The maximum absolute atomic E-state index is 12.2. The van der Waals surface area contributed by atoms with Crippen LogP contribution >= 0.6 is 0 Å². The molecule has 2 N–H and O–H groups in total. The zero-order chi connectivity index (χ0) is 15.4. The number of hydrogen-bond donors (Lipinski definition) is 2. The zero-order valence-electron chi connectivity index (χ0n) is 12.3. The van der Waals surface area contributed by atoms with Crippen molar-refractivity contribution in [3.63, 3.8) is 0 Å². The molecule has 0 spiro atoms. The lowest BCUT2D eigenvalue weighted by atomic mass is 10.1. The number of methoxy groups -OCH3 is 1. The van der Waals surface area contributed by atoms with Crippen LogP contribution in [0.15, 0.2) is 30.3 Å². The van der Waals surface area contributed by atoms with Crippen LogP contribution in [0.5, 0.6) is 5.75 Å². The van der Waals surface area contributed by atoms with Crippen molar-refractivity contribution in [1.29, 1.82) is 0 Å². The minimum Gasteiger partial charge on any atom is -0.497 e. The predicted octanol–water partition coefficient (Wildman–Crippen LogP) is 1.54. The number of carbonyl (C=O) groups is 1. The maximum Gasteiger partial charge on any atom is 0.271 e. The summed E-state index contributed by atoms with van der Waals surface area (Å²) in [5.41, 5.74) is 1.92. The average Bonchev–Trinajstić information content (AvgIpc) is 3.02. The molecule has 1 heterocycles. The Labute approximate surface area is 123 Å². The van der Waals surface area contributed by atoms with E-state index in [0.717, 1.165) is 11.3 Å². The van der Waals surface area contributed by atoms with Crippen LogP contribution in [0.2, 0.25) is 0 Å². The topological polar surface area (TPSA) is 78.5 Å². The standard InChI is InChI=1S/C15H19N3O3/c1-10(9-19)18(2)15(20)14-8-13(16-17-14)11-5-4-6-12(7-11)21-3/h4-8,10,19H,9H2,1-3H3,(H,16,17). The van der Waals surface area contributed by atoms with Crippen molar-refractivity contribution in [3.8, 4) is 17.0 Å². The number of H-pyrrole nitrogens is 1. The number of hydrogen-bond acceptors (Lipinski definition) is 4. The van der Waals surface area contributed by atoms with Crippen molar-refractivity contribution in [2.75, 3.05) is 20.8 Å². The first kappa shape index (κ1) is 15.1. The van der Waals surface area contributed by atoms with Gasteiger partial charge in [-0.25, -0.2) is 0 Å². The quantitative estimate of drug-likeness (QED) is 0.875. The second-order valence-corrected chi connectivity index (χ2v) is 4.85. The lowest BCUT2D eigenvalue weighted by Crippen LogP contribution is -2.37. The van der Waals surface area contributed by atoms with Gasteiger partial charge in [0.1, 0.15) is 11.4 Å². The number of aromatic nitrogens is 2. The van der Waals surface area contributed by atoms with E-state index >= 15 is 0 Å². The summed E-state index contributed by atoms with van der Waals surface area (Å²) in [6.07, 6.45) is 0. The molecule has 1 atom stereocenters. The third kappa shape index (κ3) is 3.22. The molecule has 0 aliphatic heterocycles. The first-order valence-corrected chi connectivity index (χ1v) is 6.64. The molecule has 6 heteroatoms. The molecule has 1 aromatic carbocycles. The molecule has 0 saturated heterocycles. The van der Waals surface area contributed by atoms with Gasteiger partial charge >= 0.3 is 0 Å². The van der Waals surface area contributed by atoms with Gasteiger partial charge in [0.2, 0.25) is 0 Å². The van der Waals surface area contributed by atoms with Crippen LogP contribution in [0, 0.1) is 0 Å². The lowest BCUT2D eigenvalue weighted by Gasteiger charge is -2.22. The molecule has 0 bridgehead atoms. The van der Waals surface area contributed by atoms with Gasteiger partial charge in [0, 0.05) is 12.6 Å². The van der Waals surface area contributed by atoms with Crippen LogP contribution in [0.25, 0.3) is 11.3 Å². The van der Waals surface area contributed by atoms with Crippen molar-refractivity contribution < 1.29 is 14.6 Å². The largest absolute Gasteiger partial charge is 0.497 e. The molecule has 0 radical (unpaired) electrons. The molecule has 0 aliphatic carbocycles. The van der Waals surface area contributed by atoms with E-state index in [-0.39, 0.29) is 18.6 Å². The molecule has 2 aromatic rings. The molecular formula is C15H19N3O3. The van der Waals surface area contributed by atoms with E-state index < -0.39 is 0 Å². The van der Waals surface area contributed by atoms with Gasteiger partial charge < -0.3 is 14.7 Å². The molecule has 2 rings (SSSR count). The number of aliphatic hydroxyl groups is 1. The highest BCUT2D eigenvalue weighted by Crippen LogP contribution is 2.22. The number of ether oxygens (including phenoxy) is 1. The second kappa shape index (κ2) is 6.41. The Kier molecular flexibility index (Phi) is 4.59. The van der Waals surface area contributed by atoms with Gasteiger partial charge in [0.05, 0.1) is 25.5 Å². The normalized spacial score (nSPS) is 12.0. The predicted molar refractivity (Wildman–Crippen MR) is 79.2 cm³/mol. The van der Waals surface area contributed by atoms with Crippen LogP contribution in [0.4, 0.5) is 0 Å². The second-order valence-electron chi connectivity index (χ2n) is 4.85. The van der Waals surface area contributed by atoms with E-state index in [1.54, 1.807) is 27.1 Å². The Morgan fingerprint density at radius 3 is 2.90 bits per heavy atom. The molecule has 21 heavy (non-hydrogen) atoms. The minimum atomic E-state index is -0.249. The molecule has 6 nitrogen and oxygen atoms in total. The fourth-order valence-corrected chi connectivity index (χ4v) is 1.87. The summed E-state index contributed by atoms with van der Waals surface area (Å²) < 4.78 is 5.17. The summed E-state index contributed by atoms with van der Waals surface area (Å²) >= 11 is 0. The molecule has 1 aromatic heterocycles. The van der Waals surface area contributed by atoms with E-state index in [0.29, 0.717) is 11.4 Å². The van der Waals surface area contributed by atoms with Crippen LogP contribution < -0.4 is 4.74 Å². The number of aromatic amines is 1. The number of likely N-dealkylation sites (N-methyl/N-ethyl adjacent to an activating group) is 1. The molecular weight excluding hydrogens is 270 g/mol. The van der Waals surface area contributed by atoms with E-state index in [1.807, 2.05) is 24.3 Å². The Balaban J connectivity index is 2.23. The van der Waals surface area contributed by atoms with Crippen molar-refractivity contribution >= 4 is 5.91 Å². The Bertz CT molecular complexity index is 624. The SMILES string of the molecule is COc1cccc(-c2cc(C(=O)N(C)C(C)CO)[nH]n2)c1. The molecule has 0 fully saturated rings. The number of benzene rings is 1. The number of carbonyl (C=O) groups excluding carboxylic acids is 1. The van der Waals surface area contributed by atoms with E-state index in [9.17, 15) is 4.79 Å². The Hall–Kier alpha value is -2.34. The van der Waals surface area contributed by atoms with Crippen LogP contribution in [-0.4, -0.2) is 52.9 Å². The molecule has 0 aliphatic rings. The van der Waals surface area contributed by atoms with Crippen LogP contribution in [0.1, 0.15) is 17.4 Å². The summed E-state index contributed by atoms with van der Waals surface area (Å²) in [7, 11) is 3.25. The van der Waals surface area contributed by atoms with Gasteiger partial charge in [-0.2, -0.15) is 5.10 Å². The van der Waals surface area contributed by atoms with Crippen molar-refractivity contribution in [3.05, 3.63) is 36.0 Å². The van der Waals surface area contributed by atoms with Crippen molar-refractivity contribution in [2.45, 2.75) is 13.0 Å². The van der Waals surface area contributed by atoms with Crippen LogP contribution in [0.3, 0.4) is 0 Å². The average molecular weight is 289 g/mol. The van der Waals surface area contributed by atoms with Gasteiger partial charge in [0.15, 0.2) is 0 Å². The number of nitrogens with one attached hydrogen (secondary N) is 1. The third-order valence-electron chi connectivity index (χ3n) is 3.42. The molecule has 1 unspecified atom stereocenters. The van der Waals surface area contributed by atoms with Crippen molar-refractivity contribution in [2.24, 2.45) is 0 Å². The summed E-state index contributed by atoms with van der Waals surface area (Å²) in [5.74, 6) is 0.521. The monoisotopic (exact) mass is 289 g/mol. The summed E-state index contributed by atoms with van der Waals surface area (Å²) in [6.45, 7) is 1.69. The van der Waals surface area contributed by atoms with E-state index in [1.165, 1.54) is 4.90 Å². The van der Waals surface area contributed by atoms with Gasteiger partial charge in [-0.05, 0) is 25.1 Å². The molecule has 1 amide bonds. The first-order chi connectivity index (χ1) is 10.1. The molecule has 112 valence electrons. The number of amides is 1. The number of rotatable bonds is 5.